The lowest BCUT2D eigenvalue weighted by molar-refractivity contribution is 1.07. The van der Waals surface area contributed by atoms with Gasteiger partial charge >= 0.3 is 0 Å². The average molecular weight is 813 g/mol. The van der Waals surface area contributed by atoms with Gasteiger partial charge in [0.2, 0.25) is 0 Å². The fraction of sp³-hybridized carbons (Fsp3) is 0. The van der Waals surface area contributed by atoms with Crippen molar-refractivity contribution in [1.29, 1.82) is 0 Å². The Morgan fingerprint density at radius 1 is 0.281 bits per heavy atom. The molecule has 296 valence electrons. The van der Waals surface area contributed by atoms with E-state index in [9.17, 15) is 0 Å². The van der Waals surface area contributed by atoms with Gasteiger partial charge in [-0.2, -0.15) is 0 Å². The number of benzene rings is 10. The first-order valence-electron chi connectivity index (χ1n) is 21.4. The molecule has 0 unspecified atom stereocenters. The quantitative estimate of drug-likeness (QED) is 0.151. The van der Waals surface area contributed by atoms with Crippen LogP contribution in [-0.4, -0.2) is 15.0 Å². The van der Waals surface area contributed by atoms with E-state index in [1.54, 1.807) is 0 Å². The molecule has 64 heavy (non-hydrogen) atoms. The van der Waals surface area contributed by atoms with E-state index >= 15 is 0 Å². The second-order valence-electron chi connectivity index (χ2n) is 16.3. The van der Waals surface area contributed by atoms with Crippen LogP contribution >= 0.6 is 0 Å². The SMILES string of the molecule is [C-]#[N+]c1cc(-c2ccc(-c3ccc4cccc5c4c3-c3ccccc3-5)cc2)cc(-c2cccc(-c3ccc(-c4nc(-c5ccccc5)nc(-c5ccc6ccccc6c5)n4)cc3)c2)c1. The van der Waals surface area contributed by atoms with Crippen LogP contribution in [0.2, 0.25) is 0 Å². The molecule has 0 saturated heterocycles. The van der Waals surface area contributed by atoms with E-state index in [1.807, 2.05) is 42.5 Å². The van der Waals surface area contributed by atoms with Crippen molar-refractivity contribution in [2.24, 2.45) is 0 Å². The Balaban J connectivity index is 0.856. The molecule has 0 spiro atoms. The predicted octanol–water partition coefficient (Wildman–Crippen LogP) is 16.0. The van der Waals surface area contributed by atoms with E-state index in [-0.39, 0.29) is 0 Å². The van der Waals surface area contributed by atoms with Gasteiger partial charge in [0.15, 0.2) is 23.2 Å². The van der Waals surface area contributed by atoms with Crippen LogP contribution in [-0.2, 0) is 0 Å². The Kier molecular flexibility index (Phi) is 8.84. The zero-order valence-corrected chi connectivity index (χ0v) is 34.6. The van der Waals surface area contributed by atoms with Gasteiger partial charge in [-0.25, -0.2) is 19.8 Å². The second-order valence-corrected chi connectivity index (χ2v) is 16.3. The van der Waals surface area contributed by atoms with Gasteiger partial charge in [-0.15, -0.1) is 0 Å². The van der Waals surface area contributed by atoms with Gasteiger partial charge in [0, 0.05) is 16.7 Å². The highest BCUT2D eigenvalue weighted by molar-refractivity contribution is 6.19. The van der Waals surface area contributed by atoms with Crippen LogP contribution in [0.3, 0.4) is 0 Å². The molecule has 0 amide bonds. The lowest BCUT2D eigenvalue weighted by Crippen LogP contribution is -2.00. The molecule has 1 aliphatic carbocycles. The topological polar surface area (TPSA) is 43.0 Å². The molecule has 10 aromatic carbocycles. The zero-order chi connectivity index (χ0) is 42.6. The number of hydrogen-bond acceptors (Lipinski definition) is 3. The van der Waals surface area contributed by atoms with Crippen molar-refractivity contribution in [1.82, 2.24) is 15.0 Å². The van der Waals surface area contributed by atoms with Gasteiger partial charge in [0.25, 0.3) is 0 Å². The lowest BCUT2D eigenvalue weighted by atomic mass is 9.91. The highest BCUT2D eigenvalue weighted by Gasteiger charge is 2.24. The van der Waals surface area contributed by atoms with Crippen LogP contribution in [0.5, 0.6) is 0 Å². The third kappa shape index (κ3) is 6.52. The molecule has 0 aliphatic heterocycles. The van der Waals surface area contributed by atoms with Crippen LogP contribution in [0.15, 0.2) is 218 Å². The summed E-state index contributed by atoms with van der Waals surface area (Å²) >= 11 is 0. The molecule has 0 saturated carbocycles. The highest BCUT2D eigenvalue weighted by atomic mass is 15.0. The molecular formula is C60H36N4. The number of aromatic nitrogens is 3. The predicted molar refractivity (Wildman–Crippen MR) is 264 cm³/mol. The molecule has 11 aromatic rings. The fourth-order valence-electron chi connectivity index (χ4n) is 9.28. The maximum Gasteiger partial charge on any atom is 0.188 e. The minimum absolute atomic E-state index is 0.605. The molecular weight excluding hydrogens is 777 g/mol. The smallest absolute Gasteiger partial charge is 0.188 e. The van der Waals surface area contributed by atoms with Crippen molar-refractivity contribution in [3.8, 4) is 101 Å². The number of fused-ring (bicyclic) bond motifs is 4. The van der Waals surface area contributed by atoms with Gasteiger partial charge in [-0.1, -0.05) is 188 Å². The molecule has 0 bridgehead atoms. The first-order valence-corrected chi connectivity index (χ1v) is 21.4. The number of rotatable bonds is 7. The van der Waals surface area contributed by atoms with Gasteiger partial charge in [-0.3, -0.25) is 0 Å². The van der Waals surface area contributed by atoms with E-state index in [1.165, 1.54) is 49.5 Å². The Labute approximate surface area is 371 Å². The van der Waals surface area contributed by atoms with Crippen molar-refractivity contribution in [2.45, 2.75) is 0 Å². The van der Waals surface area contributed by atoms with E-state index in [2.05, 4.69) is 181 Å². The van der Waals surface area contributed by atoms with Crippen LogP contribution in [0, 0.1) is 6.57 Å². The van der Waals surface area contributed by atoms with E-state index in [0.717, 1.165) is 55.5 Å². The highest BCUT2D eigenvalue weighted by Crippen LogP contribution is 2.51. The molecule has 1 aliphatic rings. The monoisotopic (exact) mass is 812 g/mol. The summed E-state index contributed by atoms with van der Waals surface area (Å²) in [4.78, 5) is 18.8. The van der Waals surface area contributed by atoms with E-state index in [4.69, 9.17) is 21.5 Å². The first-order chi connectivity index (χ1) is 31.6. The molecule has 1 heterocycles. The third-order valence-corrected chi connectivity index (χ3v) is 12.5. The van der Waals surface area contributed by atoms with Crippen LogP contribution in [0.4, 0.5) is 5.69 Å². The summed E-state index contributed by atoms with van der Waals surface area (Å²) < 4.78 is 0. The maximum absolute atomic E-state index is 8.02. The summed E-state index contributed by atoms with van der Waals surface area (Å²) in [6.07, 6.45) is 0. The largest absolute Gasteiger partial charge is 0.238 e. The van der Waals surface area contributed by atoms with Crippen molar-refractivity contribution in [3.05, 3.63) is 230 Å². The summed E-state index contributed by atoms with van der Waals surface area (Å²) in [5, 5.41) is 4.89. The van der Waals surface area contributed by atoms with Crippen LogP contribution in [0.25, 0.3) is 127 Å². The number of nitrogens with zero attached hydrogens (tertiary/aromatic N) is 4. The van der Waals surface area contributed by atoms with Crippen molar-refractivity contribution < 1.29 is 0 Å². The molecule has 4 heteroatoms. The minimum Gasteiger partial charge on any atom is -0.238 e. The fourth-order valence-corrected chi connectivity index (χ4v) is 9.28. The molecule has 1 aromatic heterocycles. The normalized spacial score (nSPS) is 11.4. The maximum atomic E-state index is 8.02. The van der Waals surface area contributed by atoms with Crippen LogP contribution in [0.1, 0.15) is 0 Å². The average Bonchev–Trinajstić information content (AvgIpc) is 3.72. The van der Waals surface area contributed by atoms with Gasteiger partial charge in [0.1, 0.15) is 0 Å². The van der Waals surface area contributed by atoms with Gasteiger partial charge in [0.05, 0.1) is 6.57 Å². The summed E-state index contributed by atoms with van der Waals surface area (Å²) in [7, 11) is 0. The molecule has 0 radical (unpaired) electrons. The third-order valence-electron chi connectivity index (χ3n) is 12.5. The lowest BCUT2D eigenvalue weighted by Gasteiger charge is -2.13. The van der Waals surface area contributed by atoms with Crippen molar-refractivity contribution >= 4 is 27.2 Å². The molecule has 0 N–H and O–H groups in total. The van der Waals surface area contributed by atoms with Crippen LogP contribution < -0.4 is 0 Å². The van der Waals surface area contributed by atoms with E-state index < -0.39 is 0 Å². The summed E-state index contributed by atoms with van der Waals surface area (Å²) in [6, 6.07) is 76.5. The molecule has 0 atom stereocenters. The Hall–Kier alpha value is -8.78. The van der Waals surface area contributed by atoms with Crippen molar-refractivity contribution in [2.75, 3.05) is 0 Å². The first kappa shape index (κ1) is 37.0. The van der Waals surface area contributed by atoms with Gasteiger partial charge < -0.3 is 0 Å². The number of hydrogen-bond donors (Lipinski definition) is 0. The Bertz CT molecular complexity index is 3660. The Morgan fingerprint density at radius 3 is 1.52 bits per heavy atom. The molecule has 0 fully saturated rings. The Morgan fingerprint density at radius 2 is 0.766 bits per heavy atom. The summed E-state index contributed by atoms with van der Waals surface area (Å²) in [5.41, 5.74) is 17.2. The second kappa shape index (κ2) is 15.3. The van der Waals surface area contributed by atoms with Crippen molar-refractivity contribution in [3.63, 3.8) is 0 Å². The summed E-state index contributed by atoms with van der Waals surface area (Å²) in [5.74, 6) is 1.88. The molecule has 12 rings (SSSR count). The minimum atomic E-state index is 0.605. The van der Waals surface area contributed by atoms with E-state index in [0.29, 0.717) is 23.2 Å². The van der Waals surface area contributed by atoms with Gasteiger partial charge in [-0.05, 0) is 119 Å². The standard InChI is InChI=1S/C60H36N4/c1-61-51-36-49(40-21-26-41(27-22-40)52-32-31-42-15-10-20-54-53-18-7-8-19-55(53)57(52)56(42)54)35-50(37-51)47-17-9-16-46(33-47)39-23-28-44(29-24-39)59-62-58(43-12-3-2-4-13-43)63-60(64-59)48-30-25-38-11-5-6-14-45(38)34-48/h2-37H. The zero-order valence-electron chi connectivity index (χ0n) is 34.6. The molecule has 4 nitrogen and oxygen atoms in total. The summed E-state index contributed by atoms with van der Waals surface area (Å²) in [6.45, 7) is 8.02.